The molecule has 1 amide bonds. The summed E-state index contributed by atoms with van der Waals surface area (Å²) in [5.74, 6) is -0.347. The molecule has 0 aliphatic carbocycles. The molecule has 0 radical (unpaired) electrons. The van der Waals surface area contributed by atoms with Gasteiger partial charge in [0.1, 0.15) is 5.82 Å². The number of carbonyl (C=O) groups excluding carboxylic acids is 1. The minimum absolute atomic E-state index is 0.00747. The number of piperazine rings is 1. The van der Waals surface area contributed by atoms with Gasteiger partial charge in [-0.25, -0.2) is 4.39 Å². The van der Waals surface area contributed by atoms with E-state index < -0.39 is 0 Å². The number of rotatable bonds is 3. The van der Waals surface area contributed by atoms with Crippen LogP contribution in [-0.4, -0.2) is 39.4 Å². The molecule has 2 atom stereocenters. The van der Waals surface area contributed by atoms with Crippen molar-refractivity contribution >= 4 is 22.6 Å². The van der Waals surface area contributed by atoms with Crippen LogP contribution in [0.15, 0.2) is 54.9 Å². The third kappa shape index (κ3) is 2.37. The highest BCUT2D eigenvalue weighted by molar-refractivity contribution is 6.01. The Labute approximate surface area is 150 Å². The van der Waals surface area contributed by atoms with Crippen LogP contribution in [0.2, 0.25) is 0 Å². The van der Waals surface area contributed by atoms with Gasteiger partial charge in [-0.1, -0.05) is 18.2 Å². The maximum atomic E-state index is 14.1. The molecule has 2 saturated heterocycles. The van der Waals surface area contributed by atoms with E-state index in [4.69, 9.17) is 0 Å². The third-order valence-corrected chi connectivity index (χ3v) is 5.30. The van der Waals surface area contributed by atoms with Gasteiger partial charge in [0.15, 0.2) is 0 Å². The number of fused-ring (bicyclic) bond motifs is 3. The zero-order chi connectivity index (χ0) is 17.7. The normalized spacial score (nSPS) is 22.5. The largest absolute Gasteiger partial charge is 0.304 e. The second kappa shape index (κ2) is 5.85. The smallest absolute Gasteiger partial charge is 0.244 e. The van der Waals surface area contributed by atoms with Crippen molar-refractivity contribution in [3.8, 4) is 0 Å². The molecule has 6 heteroatoms. The number of hydrogen-bond acceptors (Lipinski definition) is 4. The van der Waals surface area contributed by atoms with Gasteiger partial charge < -0.3 is 4.90 Å². The number of aromatic nitrogens is 2. The van der Waals surface area contributed by atoms with Gasteiger partial charge in [-0.3, -0.25) is 19.7 Å². The first kappa shape index (κ1) is 15.4. The van der Waals surface area contributed by atoms with Gasteiger partial charge in [0.2, 0.25) is 5.91 Å². The molecule has 3 aromatic rings. The maximum absolute atomic E-state index is 14.1. The van der Waals surface area contributed by atoms with Crippen LogP contribution in [0.3, 0.4) is 0 Å². The number of amides is 1. The van der Waals surface area contributed by atoms with Gasteiger partial charge in [-0.2, -0.15) is 0 Å². The van der Waals surface area contributed by atoms with Crippen molar-refractivity contribution in [2.24, 2.45) is 0 Å². The Balaban J connectivity index is 1.37. The Hall–Kier alpha value is -2.86. The summed E-state index contributed by atoms with van der Waals surface area (Å²) in [5, 5.41) is 0. The molecule has 2 fully saturated rings. The Morgan fingerprint density at radius 3 is 2.69 bits per heavy atom. The molecule has 5 rings (SSSR count). The zero-order valence-corrected chi connectivity index (χ0v) is 14.0. The quantitative estimate of drug-likeness (QED) is 0.730. The zero-order valence-electron chi connectivity index (χ0n) is 14.0. The van der Waals surface area contributed by atoms with Gasteiger partial charge in [0.25, 0.3) is 0 Å². The molecule has 0 saturated carbocycles. The van der Waals surface area contributed by atoms with Gasteiger partial charge in [0, 0.05) is 25.5 Å². The van der Waals surface area contributed by atoms with Crippen molar-refractivity contribution in [1.82, 2.24) is 14.9 Å². The van der Waals surface area contributed by atoms with E-state index in [0.717, 1.165) is 29.6 Å². The van der Waals surface area contributed by atoms with Gasteiger partial charge in [-0.15, -0.1) is 0 Å². The van der Waals surface area contributed by atoms with Crippen molar-refractivity contribution in [1.29, 1.82) is 0 Å². The van der Waals surface area contributed by atoms with Crippen LogP contribution in [0.25, 0.3) is 11.0 Å². The standard InChI is InChI=1S/C20H17FN4O/c21-15-3-1-2-4-18(15)25-14-10-19(20(25)26)24(12-14)11-13-5-6-16-17(9-13)23-8-7-22-16/h1-9,14,19H,10-12H2/t14-,19-/m0/s1. The third-order valence-electron chi connectivity index (χ3n) is 5.30. The number of nitrogens with zero attached hydrogens (tertiary/aromatic N) is 4. The summed E-state index contributed by atoms with van der Waals surface area (Å²) in [6.45, 7) is 1.44. The SMILES string of the molecule is O=C1[C@@H]2C[C@@H](CN2Cc2ccc3nccnc3c2)N1c1ccccc1F. The highest BCUT2D eigenvalue weighted by atomic mass is 19.1. The summed E-state index contributed by atoms with van der Waals surface area (Å²) < 4.78 is 14.1. The number of carbonyl (C=O) groups is 1. The van der Waals surface area contributed by atoms with E-state index in [0.29, 0.717) is 12.2 Å². The lowest BCUT2D eigenvalue weighted by atomic mass is 10.1. The summed E-state index contributed by atoms with van der Waals surface area (Å²) in [4.78, 5) is 25.3. The predicted octanol–water partition coefficient (Wildman–Crippen LogP) is 2.76. The first-order valence-corrected chi connectivity index (χ1v) is 8.72. The average Bonchev–Trinajstić information content (AvgIpc) is 3.20. The van der Waals surface area contributed by atoms with Crippen molar-refractivity contribution in [3.05, 3.63) is 66.2 Å². The summed E-state index contributed by atoms with van der Waals surface area (Å²) in [6, 6.07) is 12.4. The van der Waals surface area contributed by atoms with Crippen molar-refractivity contribution in [2.45, 2.75) is 25.0 Å². The van der Waals surface area contributed by atoms with Crippen LogP contribution in [-0.2, 0) is 11.3 Å². The summed E-state index contributed by atoms with van der Waals surface area (Å²) >= 11 is 0. The second-order valence-corrected chi connectivity index (χ2v) is 6.87. The van der Waals surface area contributed by atoms with Crippen LogP contribution in [0.4, 0.5) is 10.1 Å². The van der Waals surface area contributed by atoms with E-state index in [1.54, 1.807) is 35.5 Å². The molecule has 0 unspecified atom stereocenters. The number of halogens is 1. The van der Waals surface area contributed by atoms with E-state index >= 15 is 0 Å². The van der Waals surface area contributed by atoms with Gasteiger partial charge >= 0.3 is 0 Å². The van der Waals surface area contributed by atoms with Gasteiger partial charge in [-0.05, 0) is 36.2 Å². The summed E-state index contributed by atoms with van der Waals surface area (Å²) in [5.41, 5.74) is 3.22. The molecule has 0 N–H and O–H groups in total. The molecule has 1 aromatic heterocycles. The molecule has 2 aromatic carbocycles. The van der Waals surface area contributed by atoms with Gasteiger partial charge in [0.05, 0.1) is 28.8 Å². The molecule has 26 heavy (non-hydrogen) atoms. The first-order valence-electron chi connectivity index (χ1n) is 8.72. The lowest BCUT2D eigenvalue weighted by molar-refractivity contribution is -0.122. The lowest BCUT2D eigenvalue weighted by Crippen LogP contribution is -2.50. The minimum atomic E-state index is -0.340. The van der Waals surface area contributed by atoms with E-state index in [-0.39, 0.29) is 23.8 Å². The first-order chi connectivity index (χ1) is 12.7. The maximum Gasteiger partial charge on any atom is 0.244 e. The van der Waals surface area contributed by atoms with Crippen LogP contribution < -0.4 is 4.90 Å². The van der Waals surface area contributed by atoms with E-state index in [1.807, 2.05) is 18.2 Å². The molecule has 5 nitrogen and oxygen atoms in total. The predicted molar refractivity (Wildman–Crippen MR) is 96.0 cm³/mol. The Kier molecular flexibility index (Phi) is 3.46. The number of likely N-dealkylation sites (tertiary alicyclic amines) is 1. The summed E-state index contributed by atoms with van der Waals surface area (Å²) in [7, 11) is 0. The molecule has 130 valence electrons. The van der Waals surface area contributed by atoms with E-state index in [2.05, 4.69) is 14.9 Å². The second-order valence-electron chi connectivity index (χ2n) is 6.87. The van der Waals surface area contributed by atoms with Crippen molar-refractivity contribution in [3.63, 3.8) is 0 Å². The average molecular weight is 348 g/mol. The molecule has 2 aliphatic heterocycles. The molecule has 2 bridgehead atoms. The minimum Gasteiger partial charge on any atom is -0.304 e. The van der Waals surface area contributed by atoms with Crippen LogP contribution in [0.5, 0.6) is 0 Å². The number of anilines is 1. The molecular formula is C20H17FN4O. The molecule has 2 aliphatic rings. The fourth-order valence-corrected chi connectivity index (χ4v) is 4.14. The van der Waals surface area contributed by atoms with Crippen LogP contribution >= 0.6 is 0 Å². The fourth-order valence-electron chi connectivity index (χ4n) is 4.14. The lowest BCUT2D eigenvalue weighted by Gasteiger charge is -2.34. The monoisotopic (exact) mass is 348 g/mol. The highest BCUT2D eigenvalue weighted by Gasteiger charge is 2.50. The highest BCUT2D eigenvalue weighted by Crippen LogP contribution is 2.37. The number of benzene rings is 2. The van der Waals surface area contributed by atoms with Crippen molar-refractivity contribution in [2.75, 3.05) is 11.4 Å². The Morgan fingerprint density at radius 2 is 1.88 bits per heavy atom. The number of hydrogen-bond donors (Lipinski definition) is 0. The summed E-state index contributed by atoms with van der Waals surface area (Å²) in [6.07, 6.45) is 4.11. The molecule has 3 heterocycles. The van der Waals surface area contributed by atoms with E-state index in [1.165, 1.54) is 6.07 Å². The van der Waals surface area contributed by atoms with Crippen LogP contribution in [0, 0.1) is 5.82 Å². The fraction of sp³-hybridized carbons (Fsp3) is 0.250. The molecule has 0 spiro atoms. The van der Waals surface area contributed by atoms with Crippen LogP contribution in [0.1, 0.15) is 12.0 Å². The Morgan fingerprint density at radius 1 is 1.08 bits per heavy atom. The Bertz CT molecular complexity index is 1010. The number of para-hydroxylation sites is 1. The van der Waals surface area contributed by atoms with E-state index in [9.17, 15) is 9.18 Å². The topological polar surface area (TPSA) is 49.3 Å². The molecular weight excluding hydrogens is 331 g/mol. The van der Waals surface area contributed by atoms with Crippen molar-refractivity contribution < 1.29 is 9.18 Å².